The summed E-state index contributed by atoms with van der Waals surface area (Å²) in [6.45, 7) is 1.75. The van der Waals surface area contributed by atoms with E-state index in [-0.39, 0.29) is 0 Å². The molecule has 0 unspecified atom stereocenters. The number of hydrogen-bond donors (Lipinski definition) is 2. The van der Waals surface area contributed by atoms with E-state index in [0.29, 0.717) is 11.4 Å². The lowest BCUT2D eigenvalue weighted by Crippen LogP contribution is -2.04. The molecule has 2 N–H and O–H groups in total. The maximum Gasteiger partial charge on any atom is 0.0656 e. The molecule has 1 heterocycles. The largest absolute Gasteiger partial charge is 0.306 e. The Morgan fingerprint density at radius 1 is 1.38 bits per heavy atom. The lowest BCUT2D eigenvalue weighted by atomic mass is 9.99. The van der Waals surface area contributed by atoms with E-state index < -0.39 is 0 Å². The first-order chi connectivity index (χ1) is 7.68. The van der Waals surface area contributed by atoms with Gasteiger partial charge in [-0.3, -0.25) is 5.41 Å². The minimum atomic E-state index is 0.518. The molecule has 1 aromatic carbocycles. The zero-order valence-electron chi connectivity index (χ0n) is 9.21. The van der Waals surface area contributed by atoms with Crippen LogP contribution >= 0.6 is 11.8 Å². The first-order valence-electron chi connectivity index (χ1n) is 5.25. The van der Waals surface area contributed by atoms with Crippen LogP contribution in [0.1, 0.15) is 18.9 Å². The molecular weight excluding hydrogens is 216 g/mol. The van der Waals surface area contributed by atoms with Crippen LogP contribution in [0.2, 0.25) is 0 Å². The topological polar surface area (TPSA) is 47.7 Å². The second-order valence-corrected chi connectivity index (χ2v) is 4.96. The number of nitrogens with one attached hydrogen (secondary N) is 2. The van der Waals surface area contributed by atoms with Gasteiger partial charge in [-0.1, -0.05) is 18.2 Å². The molecule has 1 aromatic rings. The molecule has 0 saturated carbocycles. The number of hydrogen-bond acceptors (Lipinski definition) is 3. The van der Waals surface area contributed by atoms with Crippen molar-refractivity contribution in [2.75, 3.05) is 5.75 Å². The third-order valence-electron chi connectivity index (χ3n) is 2.50. The molecule has 0 saturated heterocycles. The minimum Gasteiger partial charge on any atom is -0.306 e. The molecule has 0 amide bonds. The summed E-state index contributed by atoms with van der Waals surface area (Å²) in [5.74, 6) is 0.985. The Morgan fingerprint density at radius 2 is 2.12 bits per heavy atom. The van der Waals surface area contributed by atoms with Crippen LogP contribution in [0.3, 0.4) is 0 Å². The average Bonchev–Trinajstić information content (AvgIpc) is 2.40. The van der Waals surface area contributed by atoms with Gasteiger partial charge in [-0.15, -0.1) is 11.8 Å². The highest BCUT2D eigenvalue weighted by Gasteiger charge is 2.16. The lowest BCUT2D eigenvalue weighted by Gasteiger charge is -2.06. The van der Waals surface area contributed by atoms with Crippen LogP contribution in [-0.2, 0) is 0 Å². The first kappa shape index (κ1) is 11.1. The Balaban J connectivity index is 2.45. The molecule has 16 heavy (non-hydrogen) atoms. The third kappa shape index (κ3) is 2.25. The van der Waals surface area contributed by atoms with E-state index in [2.05, 4.69) is 6.07 Å². The zero-order chi connectivity index (χ0) is 11.5. The normalized spacial score (nSPS) is 18.1. The van der Waals surface area contributed by atoms with Crippen LogP contribution < -0.4 is 0 Å². The summed E-state index contributed by atoms with van der Waals surface area (Å²) in [5, 5.41) is 15.7. The van der Waals surface area contributed by atoms with Crippen LogP contribution in [-0.4, -0.2) is 17.2 Å². The van der Waals surface area contributed by atoms with Gasteiger partial charge < -0.3 is 5.41 Å². The lowest BCUT2D eigenvalue weighted by molar-refractivity contribution is 1.19. The van der Waals surface area contributed by atoms with Crippen LogP contribution in [0.5, 0.6) is 0 Å². The molecule has 0 aromatic heterocycles. The third-order valence-corrected chi connectivity index (χ3v) is 3.57. The second-order valence-electron chi connectivity index (χ2n) is 3.82. The number of allylic oxidation sites excluding steroid dienone is 2. The summed E-state index contributed by atoms with van der Waals surface area (Å²) in [4.78, 5) is 1.18. The van der Waals surface area contributed by atoms with Gasteiger partial charge in [0.05, 0.1) is 5.71 Å². The molecule has 2 rings (SSSR count). The van der Waals surface area contributed by atoms with E-state index in [4.69, 9.17) is 10.8 Å². The molecule has 0 fully saturated rings. The van der Waals surface area contributed by atoms with E-state index in [9.17, 15) is 0 Å². The zero-order valence-corrected chi connectivity index (χ0v) is 10.0. The fourth-order valence-corrected chi connectivity index (χ4v) is 2.82. The Labute approximate surface area is 99.8 Å². The summed E-state index contributed by atoms with van der Waals surface area (Å²) in [6, 6.07) is 8.03. The van der Waals surface area contributed by atoms with Crippen molar-refractivity contribution in [2.24, 2.45) is 0 Å². The van der Waals surface area contributed by atoms with E-state index in [1.807, 2.05) is 24.3 Å². The van der Waals surface area contributed by atoms with Crippen LogP contribution in [0.15, 0.2) is 40.8 Å². The summed E-state index contributed by atoms with van der Waals surface area (Å²) in [5.41, 5.74) is 3.07. The van der Waals surface area contributed by atoms with E-state index in [1.165, 1.54) is 4.90 Å². The van der Waals surface area contributed by atoms with Crippen molar-refractivity contribution >= 4 is 23.2 Å². The monoisotopic (exact) mass is 230 g/mol. The molecule has 0 radical (unpaired) electrons. The van der Waals surface area contributed by atoms with E-state index >= 15 is 0 Å². The van der Waals surface area contributed by atoms with Crippen molar-refractivity contribution in [3.8, 4) is 0 Å². The van der Waals surface area contributed by atoms with Gasteiger partial charge in [0.15, 0.2) is 0 Å². The van der Waals surface area contributed by atoms with Crippen molar-refractivity contribution in [3.63, 3.8) is 0 Å². The number of rotatable bonds is 1. The maximum atomic E-state index is 8.18. The van der Waals surface area contributed by atoms with Crippen molar-refractivity contribution in [1.29, 1.82) is 10.8 Å². The summed E-state index contributed by atoms with van der Waals surface area (Å²) < 4.78 is 0. The van der Waals surface area contributed by atoms with Gasteiger partial charge in [0, 0.05) is 21.9 Å². The fourth-order valence-electron chi connectivity index (χ4n) is 1.77. The molecule has 82 valence electrons. The molecular formula is C13H14N2S. The van der Waals surface area contributed by atoms with Gasteiger partial charge in [-0.2, -0.15) is 0 Å². The van der Waals surface area contributed by atoms with E-state index in [1.54, 1.807) is 18.7 Å². The van der Waals surface area contributed by atoms with Gasteiger partial charge in [0.25, 0.3) is 0 Å². The number of thioether (sulfide) groups is 1. The number of fused-ring (bicyclic) bond motifs is 1. The van der Waals surface area contributed by atoms with Crippen molar-refractivity contribution in [1.82, 2.24) is 0 Å². The molecule has 1 aliphatic rings. The van der Waals surface area contributed by atoms with E-state index in [0.717, 1.165) is 23.3 Å². The Morgan fingerprint density at radius 3 is 2.88 bits per heavy atom. The standard InChI is InChI=1S/C13H14N2S/c1-9(14)8-10-6-7-16-12-5-3-2-4-11(12)13(10)15/h2-5,8,14-15H,6-7H2,1H3/b10-8-,14-9?,15-13?. The van der Waals surface area contributed by atoms with Gasteiger partial charge in [0.2, 0.25) is 0 Å². The quantitative estimate of drug-likeness (QED) is 0.712. The Bertz CT molecular complexity index is 475. The molecule has 2 nitrogen and oxygen atoms in total. The van der Waals surface area contributed by atoms with Crippen LogP contribution in [0.4, 0.5) is 0 Å². The van der Waals surface area contributed by atoms with Crippen molar-refractivity contribution in [2.45, 2.75) is 18.2 Å². The molecule has 0 atom stereocenters. The van der Waals surface area contributed by atoms with Crippen molar-refractivity contribution in [3.05, 3.63) is 41.5 Å². The molecule has 0 bridgehead atoms. The number of benzene rings is 1. The van der Waals surface area contributed by atoms with Gasteiger partial charge in [0.1, 0.15) is 0 Å². The van der Waals surface area contributed by atoms with Crippen LogP contribution in [0.25, 0.3) is 0 Å². The maximum absolute atomic E-state index is 8.18. The van der Waals surface area contributed by atoms with Gasteiger partial charge >= 0.3 is 0 Å². The Kier molecular flexibility index (Phi) is 3.25. The van der Waals surface area contributed by atoms with Crippen LogP contribution in [0, 0.1) is 10.8 Å². The van der Waals surface area contributed by atoms with Gasteiger partial charge in [-0.05, 0) is 31.1 Å². The molecule has 0 aliphatic carbocycles. The fraction of sp³-hybridized carbons (Fsp3) is 0.231. The highest BCUT2D eigenvalue weighted by molar-refractivity contribution is 7.99. The second kappa shape index (κ2) is 4.66. The predicted octanol–water partition coefficient (Wildman–Crippen LogP) is 3.52. The Hall–Kier alpha value is -1.35. The smallest absolute Gasteiger partial charge is 0.0656 e. The highest BCUT2D eigenvalue weighted by atomic mass is 32.2. The average molecular weight is 230 g/mol. The van der Waals surface area contributed by atoms with Gasteiger partial charge in [-0.25, -0.2) is 0 Å². The summed E-state index contributed by atoms with van der Waals surface area (Å²) in [6.07, 6.45) is 2.68. The summed E-state index contributed by atoms with van der Waals surface area (Å²) >= 11 is 1.79. The minimum absolute atomic E-state index is 0.518. The SMILES string of the molecule is CC(=N)/C=C1/CCSc2ccccc2C1=N. The molecule has 0 spiro atoms. The molecule has 3 heteroatoms. The van der Waals surface area contributed by atoms with Crippen molar-refractivity contribution < 1.29 is 0 Å². The highest BCUT2D eigenvalue weighted by Crippen LogP contribution is 2.30. The first-order valence-corrected chi connectivity index (χ1v) is 6.24. The predicted molar refractivity (Wildman–Crippen MR) is 70.1 cm³/mol. The summed E-state index contributed by atoms with van der Waals surface area (Å²) in [7, 11) is 0. The molecule has 1 aliphatic heterocycles.